The molecule has 2 amide bonds. The van der Waals surface area contributed by atoms with Crippen LogP contribution in [-0.4, -0.2) is 60.8 Å². The summed E-state index contributed by atoms with van der Waals surface area (Å²) < 4.78 is 1.64. The van der Waals surface area contributed by atoms with Gasteiger partial charge in [0.25, 0.3) is 5.91 Å². The number of aliphatic hydroxyl groups excluding tert-OH is 1. The van der Waals surface area contributed by atoms with Crippen molar-refractivity contribution in [3.05, 3.63) is 30.4 Å². The molecule has 3 atom stereocenters. The number of hydrogen-bond acceptors (Lipinski definition) is 6. The standard InChI is InChI=1S/C15H21N7O3/c23-13-2-1-10(14(24)16-3-5-22-6-4-17-21-22)7-12(13)20-15(25)11-8-18-19-9-11/h4,6,8-10,12-13,23H,1-3,5,7H2,(H,16,24)(H,18,19)(H,20,25)/t10-,12+,13+/m0/s1. The zero-order valence-corrected chi connectivity index (χ0v) is 13.6. The van der Waals surface area contributed by atoms with Crippen molar-refractivity contribution >= 4 is 11.8 Å². The highest BCUT2D eigenvalue weighted by molar-refractivity contribution is 5.93. The summed E-state index contributed by atoms with van der Waals surface area (Å²) in [5, 5.41) is 29.6. The first-order chi connectivity index (χ1) is 12.1. The highest BCUT2D eigenvalue weighted by Gasteiger charge is 2.33. The third-order valence-corrected chi connectivity index (χ3v) is 4.37. The van der Waals surface area contributed by atoms with E-state index in [2.05, 4.69) is 31.1 Å². The molecule has 0 saturated heterocycles. The van der Waals surface area contributed by atoms with Crippen LogP contribution in [0, 0.1) is 5.92 Å². The molecule has 0 bridgehead atoms. The Morgan fingerprint density at radius 3 is 3.00 bits per heavy atom. The highest BCUT2D eigenvalue weighted by Crippen LogP contribution is 2.25. The van der Waals surface area contributed by atoms with Crippen molar-refractivity contribution < 1.29 is 14.7 Å². The third kappa shape index (κ3) is 4.41. The second kappa shape index (κ2) is 7.88. The summed E-state index contributed by atoms with van der Waals surface area (Å²) in [6.07, 6.45) is 7.02. The van der Waals surface area contributed by atoms with Crippen LogP contribution in [0.5, 0.6) is 0 Å². The molecule has 2 aromatic heterocycles. The molecule has 1 aliphatic rings. The SMILES string of the molecule is O=C(N[C@@H]1C[C@@H](C(=O)NCCn2ccnn2)CC[C@H]1O)c1cn[nH]c1. The highest BCUT2D eigenvalue weighted by atomic mass is 16.3. The first kappa shape index (κ1) is 17.1. The van der Waals surface area contributed by atoms with Crippen molar-refractivity contribution in [2.45, 2.75) is 38.0 Å². The lowest BCUT2D eigenvalue weighted by molar-refractivity contribution is -0.127. The Kier molecular flexibility index (Phi) is 5.39. The van der Waals surface area contributed by atoms with E-state index in [9.17, 15) is 14.7 Å². The van der Waals surface area contributed by atoms with Crippen molar-refractivity contribution in [3.8, 4) is 0 Å². The number of hydrogen-bond donors (Lipinski definition) is 4. The van der Waals surface area contributed by atoms with E-state index < -0.39 is 12.1 Å². The molecule has 0 unspecified atom stereocenters. The average molecular weight is 347 g/mol. The number of carbonyl (C=O) groups excluding carboxylic acids is 2. The van der Waals surface area contributed by atoms with Crippen LogP contribution in [0.25, 0.3) is 0 Å². The minimum atomic E-state index is -0.657. The molecule has 0 spiro atoms. The van der Waals surface area contributed by atoms with Crippen molar-refractivity contribution in [2.24, 2.45) is 5.92 Å². The van der Waals surface area contributed by atoms with E-state index in [-0.39, 0.29) is 17.7 Å². The molecule has 1 aliphatic carbocycles. The summed E-state index contributed by atoms with van der Waals surface area (Å²) in [7, 11) is 0. The Labute approximate surface area is 144 Å². The van der Waals surface area contributed by atoms with Crippen LogP contribution in [0.15, 0.2) is 24.8 Å². The number of nitrogens with one attached hydrogen (secondary N) is 3. The van der Waals surface area contributed by atoms with Gasteiger partial charge in [0.2, 0.25) is 5.91 Å². The summed E-state index contributed by atoms with van der Waals surface area (Å²) in [4.78, 5) is 24.4. The molecule has 134 valence electrons. The lowest BCUT2D eigenvalue weighted by atomic mass is 9.83. The van der Waals surface area contributed by atoms with Gasteiger partial charge in [0.15, 0.2) is 0 Å². The van der Waals surface area contributed by atoms with Gasteiger partial charge in [0.1, 0.15) is 0 Å². The van der Waals surface area contributed by atoms with Gasteiger partial charge >= 0.3 is 0 Å². The number of aromatic amines is 1. The zero-order chi connectivity index (χ0) is 17.6. The van der Waals surface area contributed by atoms with E-state index in [1.54, 1.807) is 17.1 Å². The number of carbonyl (C=O) groups is 2. The van der Waals surface area contributed by atoms with E-state index in [1.165, 1.54) is 12.4 Å². The van der Waals surface area contributed by atoms with Crippen LogP contribution in [0.4, 0.5) is 0 Å². The van der Waals surface area contributed by atoms with Gasteiger partial charge in [0, 0.05) is 24.9 Å². The molecule has 4 N–H and O–H groups in total. The van der Waals surface area contributed by atoms with Gasteiger partial charge in [-0.25, -0.2) is 0 Å². The molecule has 1 fully saturated rings. The van der Waals surface area contributed by atoms with Gasteiger partial charge < -0.3 is 15.7 Å². The van der Waals surface area contributed by atoms with Gasteiger partial charge in [0.05, 0.1) is 36.6 Å². The predicted molar refractivity (Wildman–Crippen MR) is 86.2 cm³/mol. The zero-order valence-electron chi connectivity index (χ0n) is 13.6. The van der Waals surface area contributed by atoms with Crippen LogP contribution < -0.4 is 10.6 Å². The number of H-pyrrole nitrogens is 1. The van der Waals surface area contributed by atoms with Gasteiger partial charge in [-0.3, -0.25) is 19.4 Å². The molecule has 3 rings (SSSR count). The monoisotopic (exact) mass is 347 g/mol. The second-order valence-electron chi connectivity index (χ2n) is 6.10. The minimum Gasteiger partial charge on any atom is -0.391 e. The smallest absolute Gasteiger partial charge is 0.254 e. The maximum atomic E-state index is 12.3. The fourth-order valence-electron chi connectivity index (χ4n) is 2.96. The number of aromatic nitrogens is 5. The van der Waals surface area contributed by atoms with Gasteiger partial charge in [-0.1, -0.05) is 5.21 Å². The van der Waals surface area contributed by atoms with Gasteiger partial charge in [-0.05, 0) is 19.3 Å². The number of rotatable bonds is 6. The normalized spacial score (nSPS) is 23.2. The molecule has 1 saturated carbocycles. The van der Waals surface area contributed by atoms with Gasteiger partial charge in [-0.15, -0.1) is 5.10 Å². The summed E-state index contributed by atoms with van der Waals surface area (Å²) >= 11 is 0. The van der Waals surface area contributed by atoms with Crippen LogP contribution >= 0.6 is 0 Å². The maximum absolute atomic E-state index is 12.3. The Hall–Kier alpha value is -2.75. The summed E-state index contributed by atoms with van der Waals surface area (Å²) in [5.41, 5.74) is 0.395. The van der Waals surface area contributed by atoms with Crippen molar-refractivity contribution in [1.82, 2.24) is 35.8 Å². The average Bonchev–Trinajstić information content (AvgIpc) is 3.30. The number of nitrogens with zero attached hydrogens (tertiary/aromatic N) is 4. The second-order valence-corrected chi connectivity index (χ2v) is 6.10. The largest absolute Gasteiger partial charge is 0.391 e. The summed E-state index contributed by atoms with van der Waals surface area (Å²) in [6.45, 7) is 0.995. The van der Waals surface area contributed by atoms with Crippen molar-refractivity contribution in [2.75, 3.05) is 6.54 Å². The lowest BCUT2D eigenvalue weighted by Gasteiger charge is -2.33. The van der Waals surface area contributed by atoms with Gasteiger partial charge in [-0.2, -0.15) is 5.10 Å². The van der Waals surface area contributed by atoms with E-state index in [0.717, 1.165) is 0 Å². The van der Waals surface area contributed by atoms with Crippen LogP contribution in [-0.2, 0) is 11.3 Å². The van der Waals surface area contributed by atoms with E-state index in [0.29, 0.717) is 37.9 Å². The first-order valence-corrected chi connectivity index (χ1v) is 8.23. The summed E-state index contributed by atoms with van der Waals surface area (Å²) in [5.74, 6) is -0.631. The Balaban J connectivity index is 1.49. The molecule has 25 heavy (non-hydrogen) atoms. The van der Waals surface area contributed by atoms with E-state index in [4.69, 9.17) is 0 Å². The predicted octanol–water partition coefficient (Wildman–Crippen LogP) is -0.923. The molecule has 0 aromatic carbocycles. The molecule has 10 heteroatoms. The minimum absolute atomic E-state index is 0.0745. The Bertz CT molecular complexity index is 686. The lowest BCUT2D eigenvalue weighted by Crippen LogP contribution is -2.49. The molecule has 2 heterocycles. The fraction of sp³-hybridized carbons (Fsp3) is 0.533. The molecular weight excluding hydrogens is 326 g/mol. The molecule has 0 aliphatic heterocycles. The van der Waals surface area contributed by atoms with Crippen molar-refractivity contribution in [3.63, 3.8) is 0 Å². The molecular formula is C15H21N7O3. The Morgan fingerprint density at radius 1 is 1.40 bits per heavy atom. The fourth-order valence-corrected chi connectivity index (χ4v) is 2.96. The third-order valence-electron chi connectivity index (χ3n) is 4.37. The molecule has 0 radical (unpaired) electrons. The maximum Gasteiger partial charge on any atom is 0.254 e. The van der Waals surface area contributed by atoms with E-state index >= 15 is 0 Å². The molecule has 2 aromatic rings. The number of amides is 2. The summed E-state index contributed by atoms with van der Waals surface area (Å²) in [6, 6.07) is -0.456. The van der Waals surface area contributed by atoms with Crippen LogP contribution in [0.3, 0.4) is 0 Å². The van der Waals surface area contributed by atoms with E-state index in [1.807, 2.05) is 0 Å². The first-order valence-electron chi connectivity index (χ1n) is 8.23. The quantitative estimate of drug-likeness (QED) is 0.533. The van der Waals surface area contributed by atoms with Crippen LogP contribution in [0.1, 0.15) is 29.6 Å². The van der Waals surface area contributed by atoms with Crippen LogP contribution in [0.2, 0.25) is 0 Å². The Morgan fingerprint density at radius 2 is 2.28 bits per heavy atom. The molecule has 10 nitrogen and oxygen atoms in total. The van der Waals surface area contributed by atoms with Crippen molar-refractivity contribution in [1.29, 1.82) is 0 Å². The number of aliphatic hydroxyl groups is 1. The topological polar surface area (TPSA) is 138 Å².